The number of hydrogen-bond donors (Lipinski definition) is 0. The van der Waals surface area contributed by atoms with E-state index in [-0.39, 0.29) is 0 Å². The predicted octanol–water partition coefficient (Wildman–Crippen LogP) is 4.32. The zero-order valence-electron chi connectivity index (χ0n) is 12.0. The van der Waals surface area contributed by atoms with Gasteiger partial charge in [-0.05, 0) is 37.3 Å². The van der Waals surface area contributed by atoms with Crippen LogP contribution in [0.3, 0.4) is 0 Å². The van der Waals surface area contributed by atoms with Gasteiger partial charge in [0, 0.05) is 23.6 Å². The molecule has 0 unspecified atom stereocenters. The molecule has 2 heterocycles. The maximum atomic E-state index is 6.68. The van der Waals surface area contributed by atoms with E-state index in [2.05, 4.69) is 0 Å². The fraction of sp³-hybridized carbons (Fsp3) is 0.471. The van der Waals surface area contributed by atoms with Gasteiger partial charge in [0.05, 0.1) is 23.8 Å². The topological polar surface area (TPSA) is 31.4 Å². The summed E-state index contributed by atoms with van der Waals surface area (Å²) in [6.45, 7) is 1.38. The molecule has 4 heteroatoms. The van der Waals surface area contributed by atoms with E-state index in [4.69, 9.17) is 26.1 Å². The van der Waals surface area contributed by atoms with Gasteiger partial charge in [0.2, 0.25) is 0 Å². The second-order valence-corrected chi connectivity index (χ2v) is 6.16. The summed E-state index contributed by atoms with van der Waals surface area (Å²) < 4.78 is 11.5. The normalized spacial score (nSPS) is 18.0. The Morgan fingerprint density at radius 2 is 1.67 bits per heavy atom. The van der Waals surface area contributed by atoms with E-state index in [0.717, 1.165) is 46.7 Å². The van der Waals surface area contributed by atoms with Gasteiger partial charge < -0.3 is 9.47 Å². The predicted molar refractivity (Wildman–Crippen MR) is 83.6 cm³/mol. The molecule has 0 saturated heterocycles. The molecule has 1 aromatic heterocycles. The minimum Gasteiger partial charge on any atom is -0.490 e. The first kappa shape index (κ1) is 13.2. The number of rotatable bonds is 0. The Morgan fingerprint density at radius 1 is 0.905 bits per heavy atom. The monoisotopic (exact) mass is 303 g/mol. The first-order valence-electron chi connectivity index (χ1n) is 7.73. The molecule has 2 aromatic rings. The van der Waals surface area contributed by atoms with Gasteiger partial charge in [0.1, 0.15) is 0 Å². The van der Waals surface area contributed by atoms with Gasteiger partial charge in [-0.25, -0.2) is 0 Å². The number of nitrogens with zero attached hydrogens (tertiary/aromatic N) is 1. The molecule has 0 fully saturated rings. The molecule has 0 saturated carbocycles. The van der Waals surface area contributed by atoms with Crippen molar-refractivity contribution >= 4 is 22.5 Å². The molecule has 0 N–H and O–H groups in total. The third kappa shape index (κ3) is 2.34. The van der Waals surface area contributed by atoms with Crippen molar-refractivity contribution in [2.75, 3.05) is 13.2 Å². The van der Waals surface area contributed by atoms with Crippen molar-refractivity contribution in [2.45, 2.75) is 38.5 Å². The van der Waals surface area contributed by atoms with Crippen LogP contribution >= 0.6 is 11.6 Å². The molecule has 0 radical (unpaired) electrons. The van der Waals surface area contributed by atoms with Gasteiger partial charge in [-0.3, -0.25) is 4.98 Å². The Kier molecular flexibility index (Phi) is 3.38. The summed E-state index contributed by atoms with van der Waals surface area (Å²) >= 11 is 6.68. The maximum absolute atomic E-state index is 6.68. The number of ether oxygens (including phenoxy) is 2. The fourth-order valence-electron chi connectivity index (χ4n) is 3.20. The summed E-state index contributed by atoms with van der Waals surface area (Å²) in [5, 5.41) is 1.84. The Bertz CT molecular complexity index is 694. The molecule has 1 aromatic carbocycles. The van der Waals surface area contributed by atoms with Gasteiger partial charge in [-0.15, -0.1) is 0 Å². The summed E-state index contributed by atoms with van der Waals surface area (Å²) in [5.74, 6) is 1.58. The number of pyridine rings is 1. The molecule has 1 aliphatic carbocycles. The van der Waals surface area contributed by atoms with Gasteiger partial charge in [-0.1, -0.05) is 18.0 Å². The van der Waals surface area contributed by atoms with Crippen molar-refractivity contribution in [1.82, 2.24) is 4.98 Å². The van der Waals surface area contributed by atoms with E-state index in [0.29, 0.717) is 13.2 Å². The van der Waals surface area contributed by atoms with E-state index in [1.165, 1.54) is 30.5 Å². The van der Waals surface area contributed by atoms with E-state index in [1.54, 1.807) is 0 Å². The molecule has 21 heavy (non-hydrogen) atoms. The summed E-state index contributed by atoms with van der Waals surface area (Å²) in [6, 6.07) is 3.98. The van der Waals surface area contributed by atoms with Crippen molar-refractivity contribution < 1.29 is 9.47 Å². The molecule has 0 atom stereocenters. The highest BCUT2D eigenvalue weighted by atomic mass is 35.5. The van der Waals surface area contributed by atoms with E-state index in [9.17, 15) is 0 Å². The van der Waals surface area contributed by atoms with Crippen LogP contribution in [0, 0.1) is 0 Å². The number of hydrogen-bond acceptors (Lipinski definition) is 3. The summed E-state index contributed by atoms with van der Waals surface area (Å²) in [6.07, 6.45) is 6.62. The van der Waals surface area contributed by atoms with Crippen molar-refractivity contribution in [3.63, 3.8) is 0 Å². The average Bonchev–Trinajstić information content (AvgIpc) is 2.85. The lowest BCUT2D eigenvalue weighted by Crippen LogP contribution is -1.99. The van der Waals surface area contributed by atoms with Crippen LogP contribution in [0.4, 0.5) is 0 Å². The van der Waals surface area contributed by atoms with Crippen molar-refractivity contribution in [3.8, 4) is 11.5 Å². The standard InChI is InChI=1S/C17H18ClNO2/c18-17-11-5-2-1-3-6-13(11)19-14-10-16-15(9-12(14)17)20-7-4-8-21-16/h9-10H,1-8H2. The zero-order chi connectivity index (χ0) is 14.2. The lowest BCUT2D eigenvalue weighted by Gasteiger charge is -2.13. The molecule has 1 aliphatic heterocycles. The number of fused-ring (bicyclic) bond motifs is 3. The number of aromatic nitrogens is 1. The lowest BCUT2D eigenvalue weighted by molar-refractivity contribution is 0.297. The molecule has 4 rings (SSSR count). The zero-order valence-corrected chi connectivity index (χ0v) is 12.7. The van der Waals surface area contributed by atoms with Crippen LogP contribution in [0.5, 0.6) is 11.5 Å². The van der Waals surface area contributed by atoms with Crippen LogP contribution in [-0.2, 0) is 12.8 Å². The second kappa shape index (κ2) is 5.38. The van der Waals surface area contributed by atoms with E-state index >= 15 is 0 Å². The molecular formula is C17H18ClNO2. The smallest absolute Gasteiger partial charge is 0.163 e. The third-order valence-electron chi connectivity index (χ3n) is 4.31. The molecule has 0 amide bonds. The van der Waals surface area contributed by atoms with Gasteiger partial charge in [0.15, 0.2) is 11.5 Å². The Balaban J connectivity index is 1.93. The average molecular weight is 304 g/mol. The van der Waals surface area contributed by atoms with E-state index in [1.807, 2.05) is 12.1 Å². The minimum atomic E-state index is 0.689. The lowest BCUT2D eigenvalue weighted by atomic mass is 10.0. The van der Waals surface area contributed by atoms with Crippen LogP contribution in [0.1, 0.15) is 36.9 Å². The van der Waals surface area contributed by atoms with Gasteiger partial charge >= 0.3 is 0 Å². The first-order valence-corrected chi connectivity index (χ1v) is 8.11. The Hall–Kier alpha value is -1.48. The number of halogens is 1. The minimum absolute atomic E-state index is 0.689. The highest BCUT2D eigenvalue weighted by molar-refractivity contribution is 6.36. The van der Waals surface area contributed by atoms with Crippen LogP contribution in [0.15, 0.2) is 12.1 Å². The van der Waals surface area contributed by atoms with Gasteiger partial charge in [0.25, 0.3) is 0 Å². The second-order valence-electron chi connectivity index (χ2n) is 5.78. The molecule has 0 spiro atoms. The van der Waals surface area contributed by atoms with Crippen molar-refractivity contribution in [1.29, 1.82) is 0 Å². The Labute approximate surface area is 129 Å². The van der Waals surface area contributed by atoms with Gasteiger partial charge in [-0.2, -0.15) is 0 Å². The van der Waals surface area contributed by atoms with E-state index < -0.39 is 0 Å². The van der Waals surface area contributed by atoms with Crippen LogP contribution in [0.2, 0.25) is 5.02 Å². The molecule has 2 aliphatic rings. The van der Waals surface area contributed by atoms with Crippen LogP contribution in [-0.4, -0.2) is 18.2 Å². The van der Waals surface area contributed by atoms with Crippen LogP contribution < -0.4 is 9.47 Å². The SMILES string of the molecule is Clc1c2c(nc3cc4c(cc13)OCCCO4)CCCCC2. The third-order valence-corrected chi connectivity index (χ3v) is 4.74. The summed E-state index contributed by atoms with van der Waals surface area (Å²) in [7, 11) is 0. The van der Waals surface area contributed by atoms with Crippen LogP contribution in [0.25, 0.3) is 10.9 Å². The molecule has 3 nitrogen and oxygen atoms in total. The summed E-state index contributed by atoms with van der Waals surface area (Å²) in [5.41, 5.74) is 3.32. The highest BCUT2D eigenvalue weighted by Crippen LogP contribution is 2.39. The first-order chi connectivity index (χ1) is 10.3. The quantitative estimate of drug-likeness (QED) is 0.679. The Morgan fingerprint density at radius 3 is 2.52 bits per heavy atom. The molecule has 110 valence electrons. The van der Waals surface area contributed by atoms with Crippen molar-refractivity contribution in [2.24, 2.45) is 0 Å². The molecule has 0 bridgehead atoms. The highest BCUT2D eigenvalue weighted by Gasteiger charge is 2.19. The largest absolute Gasteiger partial charge is 0.490 e. The summed E-state index contributed by atoms with van der Waals surface area (Å²) in [4.78, 5) is 4.86. The fourth-order valence-corrected chi connectivity index (χ4v) is 3.56. The number of benzene rings is 1. The number of aryl methyl sites for hydroxylation is 1. The van der Waals surface area contributed by atoms with Crippen molar-refractivity contribution in [3.05, 3.63) is 28.4 Å². The maximum Gasteiger partial charge on any atom is 0.163 e. The molecular weight excluding hydrogens is 286 g/mol.